The number of nitrogens with zero attached hydrogens (tertiary/aromatic N) is 1. The van der Waals surface area contributed by atoms with Crippen molar-refractivity contribution in [2.45, 2.75) is 20.0 Å². The van der Waals surface area contributed by atoms with Gasteiger partial charge in [-0.3, -0.25) is 9.79 Å². The Kier molecular flexibility index (Phi) is 4.25. The van der Waals surface area contributed by atoms with Crippen LogP contribution in [0.4, 0.5) is 0 Å². The Morgan fingerprint density at radius 3 is 2.78 bits per heavy atom. The molecule has 0 aliphatic carbocycles. The van der Waals surface area contributed by atoms with E-state index in [2.05, 4.69) is 10.3 Å². The predicted octanol–water partition coefficient (Wildman–Crippen LogP) is 1.98. The molecule has 2 rings (SSSR count). The quantitative estimate of drug-likeness (QED) is 0.908. The third kappa shape index (κ3) is 3.50. The summed E-state index contributed by atoms with van der Waals surface area (Å²) in [4.78, 5) is 16.0. The Morgan fingerprint density at radius 2 is 2.17 bits per heavy atom. The average Bonchev–Trinajstić information content (AvgIpc) is 2.85. The molecule has 0 saturated heterocycles. The molecule has 4 nitrogen and oxygen atoms in total. The van der Waals surface area contributed by atoms with Crippen LogP contribution < -0.4 is 10.1 Å². The standard InChI is InChI=1S/C13H16N2O2S/c1-9-3-5-11(6-4-9)17-10(2)12(16)15-13-14-7-8-18-13/h3-6,10H,7-8H2,1-2H3,(H,14,15,16)/t10-/m0/s1. The number of carbonyl (C=O) groups is 1. The molecule has 1 aliphatic heterocycles. The van der Waals surface area contributed by atoms with Crippen molar-refractivity contribution < 1.29 is 9.53 Å². The lowest BCUT2D eigenvalue weighted by Gasteiger charge is -2.14. The van der Waals surface area contributed by atoms with E-state index >= 15 is 0 Å². The molecule has 0 aromatic heterocycles. The Labute approximate surface area is 111 Å². The highest BCUT2D eigenvalue weighted by atomic mass is 32.2. The van der Waals surface area contributed by atoms with Crippen LogP contribution in [0.25, 0.3) is 0 Å². The molecule has 0 spiro atoms. The number of hydrogen-bond acceptors (Lipinski definition) is 4. The van der Waals surface area contributed by atoms with Crippen LogP contribution >= 0.6 is 11.8 Å². The van der Waals surface area contributed by atoms with E-state index in [4.69, 9.17) is 4.74 Å². The molecule has 1 aromatic carbocycles. The molecule has 96 valence electrons. The highest BCUT2D eigenvalue weighted by Crippen LogP contribution is 2.14. The number of carbonyl (C=O) groups excluding carboxylic acids is 1. The van der Waals surface area contributed by atoms with E-state index in [0.29, 0.717) is 10.9 Å². The largest absolute Gasteiger partial charge is 0.481 e. The Morgan fingerprint density at radius 1 is 1.44 bits per heavy atom. The molecule has 1 atom stereocenters. The monoisotopic (exact) mass is 264 g/mol. The number of benzene rings is 1. The lowest BCUT2D eigenvalue weighted by atomic mass is 10.2. The fraction of sp³-hybridized carbons (Fsp3) is 0.385. The summed E-state index contributed by atoms with van der Waals surface area (Å²) in [6.07, 6.45) is -0.531. The van der Waals surface area contributed by atoms with Crippen molar-refractivity contribution in [1.29, 1.82) is 0 Å². The van der Waals surface area contributed by atoms with Gasteiger partial charge in [0.25, 0.3) is 5.91 Å². The first-order valence-electron chi connectivity index (χ1n) is 5.86. The average molecular weight is 264 g/mol. The number of amides is 1. The van der Waals surface area contributed by atoms with Gasteiger partial charge in [-0.15, -0.1) is 0 Å². The Bertz CT molecular complexity index is 457. The minimum absolute atomic E-state index is 0.163. The number of ether oxygens (including phenoxy) is 1. The fourth-order valence-electron chi connectivity index (χ4n) is 1.49. The molecule has 18 heavy (non-hydrogen) atoms. The van der Waals surface area contributed by atoms with E-state index in [1.807, 2.05) is 31.2 Å². The first-order valence-corrected chi connectivity index (χ1v) is 6.85. The fourth-order valence-corrected chi connectivity index (χ4v) is 2.22. The Balaban J connectivity index is 1.88. The lowest BCUT2D eigenvalue weighted by molar-refractivity contribution is -0.125. The zero-order chi connectivity index (χ0) is 13.0. The van der Waals surface area contributed by atoms with Crippen molar-refractivity contribution >= 4 is 22.8 Å². The molecule has 0 unspecified atom stereocenters. The number of nitrogens with one attached hydrogen (secondary N) is 1. The van der Waals surface area contributed by atoms with Crippen LogP contribution in [-0.4, -0.2) is 29.5 Å². The molecule has 1 aliphatic rings. The summed E-state index contributed by atoms with van der Waals surface area (Å²) in [5, 5.41) is 3.45. The number of amidine groups is 1. The van der Waals surface area contributed by atoms with Gasteiger partial charge in [0.15, 0.2) is 11.3 Å². The van der Waals surface area contributed by atoms with Crippen molar-refractivity contribution in [3.63, 3.8) is 0 Å². The third-order valence-electron chi connectivity index (χ3n) is 2.52. The molecule has 0 bridgehead atoms. The number of hydrogen-bond donors (Lipinski definition) is 1. The number of thioether (sulfide) groups is 1. The summed E-state index contributed by atoms with van der Waals surface area (Å²) in [6, 6.07) is 7.63. The van der Waals surface area contributed by atoms with Gasteiger partial charge < -0.3 is 10.1 Å². The van der Waals surface area contributed by atoms with Gasteiger partial charge in [0.05, 0.1) is 6.54 Å². The van der Waals surface area contributed by atoms with Gasteiger partial charge in [0, 0.05) is 5.75 Å². The van der Waals surface area contributed by atoms with Gasteiger partial charge in [-0.25, -0.2) is 0 Å². The van der Waals surface area contributed by atoms with Gasteiger partial charge in [0.1, 0.15) is 5.75 Å². The van der Waals surface area contributed by atoms with Gasteiger partial charge in [0.2, 0.25) is 0 Å². The van der Waals surface area contributed by atoms with Gasteiger partial charge in [-0.2, -0.15) is 0 Å². The van der Waals surface area contributed by atoms with E-state index < -0.39 is 6.10 Å². The van der Waals surface area contributed by atoms with Crippen molar-refractivity contribution in [2.24, 2.45) is 4.99 Å². The lowest BCUT2D eigenvalue weighted by Crippen LogP contribution is -2.38. The van der Waals surface area contributed by atoms with Crippen molar-refractivity contribution in [2.75, 3.05) is 12.3 Å². The normalized spacial score (nSPS) is 16.0. The minimum atomic E-state index is -0.531. The summed E-state index contributed by atoms with van der Waals surface area (Å²) in [6.45, 7) is 4.51. The second-order valence-electron chi connectivity index (χ2n) is 4.10. The van der Waals surface area contributed by atoms with E-state index in [-0.39, 0.29) is 5.91 Å². The molecule has 0 saturated carbocycles. The topological polar surface area (TPSA) is 50.7 Å². The molecule has 0 radical (unpaired) electrons. The SMILES string of the molecule is Cc1ccc(O[C@@H](C)C(=O)NC2=NCCS2)cc1. The maximum Gasteiger partial charge on any atom is 0.266 e. The van der Waals surface area contributed by atoms with Crippen molar-refractivity contribution in [1.82, 2.24) is 5.32 Å². The summed E-state index contributed by atoms with van der Waals surface area (Å²) in [7, 11) is 0. The van der Waals surface area contributed by atoms with Crippen molar-refractivity contribution in [3.05, 3.63) is 29.8 Å². The predicted molar refractivity (Wildman–Crippen MR) is 74.2 cm³/mol. The van der Waals surface area contributed by atoms with E-state index in [0.717, 1.165) is 17.9 Å². The van der Waals surface area contributed by atoms with Gasteiger partial charge >= 0.3 is 0 Å². The smallest absolute Gasteiger partial charge is 0.266 e. The molecule has 0 fully saturated rings. The van der Waals surface area contributed by atoms with E-state index in [9.17, 15) is 4.79 Å². The maximum atomic E-state index is 11.8. The summed E-state index contributed by atoms with van der Waals surface area (Å²) >= 11 is 1.56. The van der Waals surface area contributed by atoms with Crippen LogP contribution in [0.1, 0.15) is 12.5 Å². The summed E-state index contributed by atoms with van der Waals surface area (Å²) in [5.41, 5.74) is 1.16. The highest BCUT2D eigenvalue weighted by Gasteiger charge is 2.18. The van der Waals surface area contributed by atoms with Crippen LogP contribution in [-0.2, 0) is 4.79 Å². The molecule has 1 heterocycles. The molecule has 1 amide bonds. The number of rotatable bonds is 3. The zero-order valence-electron chi connectivity index (χ0n) is 10.5. The van der Waals surface area contributed by atoms with E-state index in [1.165, 1.54) is 0 Å². The highest BCUT2D eigenvalue weighted by molar-refractivity contribution is 8.14. The van der Waals surface area contributed by atoms with Crippen molar-refractivity contribution in [3.8, 4) is 5.75 Å². The van der Waals surface area contributed by atoms with Gasteiger partial charge in [-0.05, 0) is 26.0 Å². The minimum Gasteiger partial charge on any atom is -0.481 e. The zero-order valence-corrected chi connectivity index (χ0v) is 11.3. The second kappa shape index (κ2) is 5.91. The Hall–Kier alpha value is -1.49. The van der Waals surface area contributed by atoms with E-state index in [1.54, 1.807) is 18.7 Å². The molecule has 1 N–H and O–H groups in total. The number of aryl methyl sites for hydroxylation is 1. The van der Waals surface area contributed by atoms with Crippen LogP contribution in [0.5, 0.6) is 5.75 Å². The van der Waals surface area contributed by atoms with Crippen LogP contribution in [0, 0.1) is 6.92 Å². The number of aliphatic imine (C=N–C) groups is 1. The van der Waals surface area contributed by atoms with Crippen LogP contribution in [0.15, 0.2) is 29.3 Å². The second-order valence-corrected chi connectivity index (χ2v) is 5.18. The summed E-state index contributed by atoms with van der Waals surface area (Å²) in [5.74, 6) is 1.47. The maximum absolute atomic E-state index is 11.8. The molecular formula is C13H16N2O2S. The third-order valence-corrected chi connectivity index (χ3v) is 3.41. The molecule has 1 aromatic rings. The van der Waals surface area contributed by atoms with Crippen LogP contribution in [0.3, 0.4) is 0 Å². The van der Waals surface area contributed by atoms with Gasteiger partial charge in [-0.1, -0.05) is 29.5 Å². The van der Waals surface area contributed by atoms with Crippen LogP contribution in [0.2, 0.25) is 0 Å². The molecule has 5 heteroatoms. The first-order chi connectivity index (χ1) is 8.65. The molecular weight excluding hydrogens is 248 g/mol. The summed E-state index contributed by atoms with van der Waals surface area (Å²) < 4.78 is 5.57. The first kappa shape index (κ1) is 13.0.